The molecule has 0 aromatic heterocycles. The monoisotopic (exact) mass is 244 g/mol. The molecule has 1 rings (SSSR count). The van der Waals surface area contributed by atoms with Crippen LogP contribution in [0.4, 0.5) is 5.69 Å². The van der Waals surface area contributed by atoms with E-state index in [0.717, 1.165) is 12.0 Å². The molecule has 0 aliphatic heterocycles. The summed E-state index contributed by atoms with van der Waals surface area (Å²) in [6.07, 6.45) is 0.762. The summed E-state index contributed by atoms with van der Waals surface area (Å²) in [6.45, 7) is 8.63. The van der Waals surface area contributed by atoms with E-state index in [9.17, 15) is 10.1 Å². The molecule has 1 aromatic rings. The standard InChI is InChI=1S/C15H20N2O/c1-11(15(2,3)4)17(5)14-7-6-12(10-18)8-13(14)9-16/h6-8,10-11H,1-5H3. The summed E-state index contributed by atoms with van der Waals surface area (Å²) in [5, 5.41) is 9.18. The van der Waals surface area contributed by atoms with Crippen LogP contribution in [0.25, 0.3) is 0 Å². The van der Waals surface area contributed by atoms with E-state index in [0.29, 0.717) is 11.1 Å². The molecule has 0 aliphatic rings. The van der Waals surface area contributed by atoms with Crippen LogP contribution in [0.5, 0.6) is 0 Å². The lowest BCUT2D eigenvalue weighted by molar-refractivity contribution is 0.112. The first-order chi connectivity index (χ1) is 8.31. The average Bonchev–Trinajstić information content (AvgIpc) is 2.35. The van der Waals surface area contributed by atoms with Crippen LogP contribution >= 0.6 is 0 Å². The molecule has 0 aliphatic carbocycles. The molecule has 1 aromatic carbocycles. The van der Waals surface area contributed by atoms with E-state index in [-0.39, 0.29) is 11.5 Å². The predicted molar refractivity (Wildman–Crippen MR) is 73.9 cm³/mol. The molecule has 1 unspecified atom stereocenters. The van der Waals surface area contributed by atoms with Crippen molar-refractivity contribution in [3.8, 4) is 6.07 Å². The van der Waals surface area contributed by atoms with Gasteiger partial charge in [-0.2, -0.15) is 5.26 Å². The Morgan fingerprint density at radius 1 is 1.39 bits per heavy atom. The van der Waals surface area contributed by atoms with Gasteiger partial charge in [-0.3, -0.25) is 4.79 Å². The third-order valence-electron chi connectivity index (χ3n) is 3.49. The molecule has 0 heterocycles. The first kappa shape index (κ1) is 14.2. The molecule has 0 saturated heterocycles. The smallest absolute Gasteiger partial charge is 0.150 e. The van der Waals surface area contributed by atoms with Crippen LogP contribution in [-0.2, 0) is 0 Å². The number of hydrogen-bond donors (Lipinski definition) is 0. The van der Waals surface area contributed by atoms with Gasteiger partial charge in [0, 0.05) is 18.7 Å². The van der Waals surface area contributed by atoms with Crippen molar-refractivity contribution in [2.24, 2.45) is 5.41 Å². The van der Waals surface area contributed by atoms with Crippen LogP contribution in [0, 0.1) is 16.7 Å². The van der Waals surface area contributed by atoms with Gasteiger partial charge in [0.1, 0.15) is 12.4 Å². The third-order valence-corrected chi connectivity index (χ3v) is 3.49. The van der Waals surface area contributed by atoms with Crippen LogP contribution in [0.2, 0.25) is 0 Å². The van der Waals surface area contributed by atoms with E-state index in [1.807, 2.05) is 13.1 Å². The second-order valence-corrected chi connectivity index (χ2v) is 5.66. The van der Waals surface area contributed by atoms with E-state index in [4.69, 9.17) is 0 Å². The first-order valence-electron chi connectivity index (χ1n) is 6.03. The Morgan fingerprint density at radius 2 is 2.00 bits per heavy atom. The number of nitriles is 1. The number of rotatable bonds is 3. The first-order valence-corrected chi connectivity index (χ1v) is 6.03. The molecule has 0 radical (unpaired) electrons. The predicted octanol–water partition coefficient (Wildman–Crippen LogP) is 3.24. The van der Waals surface area contributed by atoms with Crippen molar-refractivity contribution < 1.29 is 4.79 Å². The van der Waals surface area contributed by atoms with Gasteiger partial charge in [-0.1, -0.05) is 20.8 Å². The Balaban J connectivity index is 3.18. The average molecular weight is 244 g/mol. The normalized spacial score (nSPS) is 12.7. The molecule has 0 bridgehead atoms. The fourth-order valence-electron chi connectivity index (χ4n) is 1.81. The number of benzene rings is 1. The number of carbonyl (C=O) groups excluding carboxylic acids is 1. The van der Waals surface area contributed by atoms with Crippen molar-refractivity contribution in [1.29, 1.82) is 5.26 Å². The van der Waals surface area contributed by atoms with E-state index >= 15 is 0 Å². The highest BCUT2D eigenvalue weighted by atomic mass is 16.1. The maximum Gasteiger partial charge on any atom is 0.150 e. The molecule has 0 saturated carbocycles. The summed E-state index contributed by atoms with van der Waals surface area (Å²) in [5.41, 5.74) is 2.06. The lowest BCUT2D eigenvalue weighted by Gasteiger charge is -2.37. The van der Waals surface area contributed by atoms with Crippen molar-refractivity contribution in [3.05, 3.63) is 29.3 Å². The van der Waals surface area contributed by atoms with Crippen molar-refractivity contribution >= 4 is 12.0 Å². The number of aldehydes is 1. The second kappa shape index (κ2) is 5.22. The van der Waals surface area contributed by atoms with Gasteiger partial charge in [0.05, 0.1) is 11.3 Å². The van der Waals surface area contributed by atoms with Gasteiger partial charge >= 0.3 is 0 Å². The Hall–Kier alpha value is -1.82. The minimum absolute atomic E-state index is 0.116. The Morgan fingerprint density at radius 3 is 2.44 bits per heavy atom. The highest BCUT2D eigenvalue weighted by Gasteiger charge is 2.25. The van der Waals surface area contributed by atoms with Gasteiger partial charge < -0.3 is 4.90 Å². The van der Waals surface area contributed by atoms with Crippen LogP contribution in [0.15, 0.2) is 18.2 Å². The van der Waals surface area contributed by atoms with Gasteiger partial charge in [-0.05, 0) is 30.5 Å². The molecule has 3 heteroatoms. The molecule has 0 spiro atoms. The zero-order chi connectivity index (χ0) is 13.9. The van der Waals surface area contributed by atoms with Crippen molar-refractivity contribution in [2.45, 2.75) is 33.7 Å². The molecule has 3 nitrogen and oxygen atoms in total. The SMILES string of the molecule is CC(N(C)c1ccc(C=O)cc1C#N)C(C)(C)C. The molecular weight excluding hydrogens is 224 g/mol. The lowest BCUT2D eigenvalue weighted by Crippen LogP contribution is -2.39. The highest BCUT2D eigenvalue weighted by Crippen LogP contribution is 2.29. The quantitative estimate of drug-likeness (QED) is 0.767. The molecule has 0 fully saturated rings. The zero-order valence-corrected chi connectivity index (χ0v) is 11.7. The van der Waals surface area contributed by atoms with E-state index < -0.39 is 0 Å². The summed E-state index contributed by atoms with van der Waals surface area (Å²) in [4.78, 5) is 12.8. The van der Waals surface area contributed by atoms with Crippen LogP contribution in [0.1, 0.15) is 43.6 Å². The molecule has 18 heavy (non-hydrogen) atoms. The van der Waals surface area contributed by atoms with E-state index in [2.05, 4.69) is 38.7 Å². The number of hydrogen-bond acceptors (Lipinski definition) is 3. The minimum Gasteiger partial charge on any atom is -0.370 e. The third kappa shape index (κ3) is 2.89. The highest BCUT2D eigenvalue weighted by molar-refractivity contribution is 5.78. The van der Waals surface area contributed by atoms with Crippen LogP contribution in [0.3, 0.4) is 0 Å². The summed E-state index contributed by atoms with van der Waals surface area (Å²) in [5.74, 6) is 0. The summed E-state index contributed by atoms with van der Waals surface area (Å²) in [7, 11) is 1.98. The number of carbonyl (C=O) groups is 1. The summed E-state index contributed by atoms with van der Waals surface area (Å²) >= 11 is 0. The fraction of sp³-hybridized carbons (Fsp3) is 0.467. The Bertz CT molecular complexity index is 480. The van der Waals surface area contributed by atoms with Crippen molar-refractivity contribution in [1.82, 2.24) is 0 Å². The fourth-order valence-corrected chi connectivity index (χ4v) is 1.81. The van der Waals surface area contributed by atoms with E-state index in [1.165, 1.54) is 0 Å². The molecular formula is C15H20N2O. The second-order valence-electron chi connectivity index (χ2n) is 5.66. The minimum atomic E-state index is 0.116. The van der Waals surface area contributed by atoms with Crippen LogP contribution in [-0.4, -0.2) is 19.4 Å². The Labute approximate surface area is 109 Å². The summed E-state index contributed by atoms with van der Waals surface area (Å²) in [6, 6.07) is 7.66. The Kier molecular flexibility index (Phi) is 4.13. The molecule has 96 valence electrons. The molecule has 0 amide bonds. The zero-order valence-electron chi connectivity index (χ0n) is 11.7. The van der Waals surface area contributed by atoms with E-state index in [1.54, 1.807) is 12.1 Å². The van der Waals surface area contributed by atoms with Crippen LogP contribution < -0.4 is 4.90 Å². The number of anilines is 1. The lowest BCUT2D eigenvalue weighted by atomic mass is 9.86. The maximum absolute atomic E-state index is 10.7. The topological polar surface area (TPSA) is 44.1 Å². The largest absolute Gasteiger partial charge is 0.370 e. The van der Waals surface area contributed by atoms with Gasteiger partial charge in [0.15, 0.2) is 0 Å². The summed E-state index contributed by atoms with van der Waals surface area (Å²) < 4.78 is 0. The van der Waals surface area contributed by atoms with Crippen molar-refractivity contribution in [3.63, 3.8) is 0 Å². The van der Waals surface area contributed by atoms with Gasteiger partial charge in [0.25, 0.3) is 0 Å². The molecule has 0 N–H and O–H groups in total. The number of nitrogens with zero attached hydrogens (tertiary/aromatic N) is 2. The van der Waals surface area contributed by atoms with Gasteiger partial charge in [0.2, 0.25) is 0 Å². The maximum atomic E-state index is 10.7. The van der Waals surface area contributed by atoms with Gasteiger partial charge in [-0.15, -0.1) is 0 Å². The molecule has 1 atom stereocenters. The van der Waals surface area contributed by atoms with Crippen molar-refractivity contribution in [2.75, 3.05) is 11.9 Å². The van der Waals surface area contributed by atoms with Gasteiger partial charge in [-0.25, -0.2) is 0 Å².